The maximum absolute atomic E-state index is 3.80. The van der Waals surface area contributed by atoms with E-state index in [2.05, 4.69) is 199 Å². The van der Waals surface area contributed by atoms with Gasteiger partial charge in [-0.2, -0.15) is 0 Å². The Morgan fingerprint density at radius 3 is 1.34 bits per heavy atom. The highest BCUT2D eigenvalue weighted by atomic mass is 14.7. The smallest absolute Gasteiger partial charge is 0.0551 e. The van der Waals surface area contributed by atoms with Crippen molar-refractivity contribution in [2.45, 2.75) is 0 Å². The van der Waals surface area contributed by atoms with Gasteiger partial charge in [0, 0.05) is 21.7 Å². The van der Waals surface area contributed by atoms with Crippen molar-refractivity contribution in [3.05, 3.63) is 194 Å². The van der Waals surface area contributed by atoms with Gasteiger partial charge in [0.1, 0.15) is 0 Å². The third-order valence-corrected chi connectivity index (χ3v) is 11.2. The number of hydrogen-bond donors (Lipinski definition) is 1. The van der Waals surface area contributed by atoms with Crippen LogP contribution in [-0.4, -0.2) is 4.98 Å². The summed E-state index contributed by atoms with van der Waals surface area (Å²) in [4.78, 5) is 3.80. The van der Waals surface area contributed by atoms with Crippen LogP contribution in [0, 0.1) is 0 Å². The highest BCUT2D eigenvalue weighted by molar-refractivity contribution is 6.31. The van der Waals surface area contributed by atoms with Crippen LogP contribution in [0.4, 0.5) is 0 Å². The molecule has 53 heavy (non-hydrogen) atoms. The molecule has 0 bridgehead atoms. The second-order valence-electron chi connectivity index (χ2n) is 14.1. The van der Waals surface area contributed by atoms with Gasteiger partial charge in [-0.15, -0.1) is 0 Å². The standard InChI is InChI=1S/C52H33N/c1-2-13-33(14-3-1)34-25-27-35(28-26-34)49-42-20-7-9-22-44(42)50(45-23-10-8-21-43(45)49)38-16-12-15-36(31-38)37-29-30-48-47(32-37)51-41-19-6-4-17-39(41)40-18-5-11-24-46(40)52(51)53-48/h1-32,53H. The molecule has 1 nitrogen and oxygen atoms in total. The molecule has 11 rings (SSSR count). The minimum atomic E-state index is 1.16. The average molecular weight is 672 g/mol. The van der Waals surface area contributed by atoms with Crippen LogP contribution in [-0.2, 0) is 0 Å². The number of aromatic amines is 1. The molecule has 0 fully saturated rings. The minimum Gasteiger partial charge on any atom is -0.354 e. The summed E-state index contributed by atoms with van der Waals surface area (Å²) in [6, 6.07) is 71.1. The number of hydrogen-bond acceptors (Lipinski definition) is 0. The highest BCUT2D eigenvalue weighted by Crippen LogP contribution is 2.45. The molecule has 0 radical (unpaired) electrons. The Labute approximate surface area is 307 Å². The third kappa shape index (κ3) is 4.64. The molecule has 246 valence electrons. The quantitative estimate of drug-likeness (QED) is 0.142. The van der Waals surface area contributed by atoms with E-state index < -0.39 is 0 Å². The molecule has 0 aliphatic rings. The average Bonchev–Trinajstić information content (AvgIpc) is 3.63. The first-order chi connectivity index (χ1) is 26.3. The maximum atomic E-state index is 3.80. The van der Waals surface area contributed by atoms with E-state index in [1.807, 2.05) is 0 Å². The fraction of sp³-hybridized carbons (Fsp3) is 0. The van der Waals surface area contributed by atoms with Crippen LogP contribution >= 0.6 is 0 Å². The molecule has 0 aliphatic heterocycles. The number of aromatic nitrogens is 1. The van der Waals surface area contributed by atoms with Gasteiger partial charge in [-0.05, 0) is 100 Å². The zero-order valence-corrected chi connectivity index (χ0v) is 29.0. The topological polar surface area (TPSA) is 15.8 Å². The summed E-state index contributed by atoms with van der Waals surface area (Å²) in [5.74, 6) is 0. The summed E-state index contributed by atoms with van der Waals surface area (Å²) >= 11 is 0. The molecule has 11 aromatic rings. The summed E-state index contributed by atoms with van der Waals surface area (Å²) in [5.41, 5.74) is 12.2. The Hall–Kier alpha value is -6.96. The van der Waals surface area contributed by atoms with E-state index in [1.165, 1.54) is 104 Å². The maximum Gasteiger partial charge on any atom is 0.0551 e. The summed E-state index contributed by atoms with van der Waals surface area (Å²) in [6.45, 7) is 0. The third-order valence-electron chi connectivity index (χ3n) is 11.2. The van der Waals surface area contributed by atoms with Crippen LogP contribution in [0.15, 0.2) is 194 Å². The highest BCUT2D eigenvalue weighted by Gasteiger charge is 2.18. The largest absolute Gasteiger partial charge is 0.354 e. The van der Waals surface area contributed by atoms with E-state index in [-0.39, 0.29) is 0 Å². The van der Waals surface area contributed by atoms with Gasteiger partial charge >= 0.3 is 0 Å². The number of H-pyrrole nitrogens is 1. The Bertz CT molecular complexity index is 3150. The molecule has 1 heterocycles. The summed E-state index contributed by atoms with van der Waals surface area (Å²) in [5, 5.41) is 12.7. The van der Waals surface area contributed by atoms with E-state index in [9.17, 15) is 0 Å². The Morgan fingerprint density at radius 1 is 0.245 bits per heavy atom. The normalized spacial score (nSPS) is 11.8. The van der Waals surface area contributed by atoms with Crippen molar-refractivity contribution in [3.8, 4) is 44.5 Å². The number of benzene rings is 10. The molecule has 0 atom stereocenters. The lowest BCUT2D eigenvalue weighted by Crippen LogP contribution is -1.91. The lowest BCUT2D eigenvalue weighted by molar-refractivity contribution is 1.56. The van der Waals surface area contributed by atoms with Crippen LogP contribution in [0.2, 0.25) is 0 Å². The monoisotopic (exact) mass is 671 g/mol. The van der Waals surface area contributed by atoms with Crippen molar-refractivity contribution < 1.29 is 0 Å². The van der Waals surface area contributed by atoms with Gasteiger partial charge in [-0.25, -0.2) is 0 Å². The fourth-order valence-corrected chi connectivity index (χ4v) is 8.79. The SMILES string of the molecule is c1ccc(-c2ccc(-c3c4ccccc4c(-c4cccc(-c5ccc6[nH]c7c8ccccc8c8ccccc8c7c6c5)c4)c4ccccc34)cc2)cc1. The van der Waals surface area contributed by atoms with Gasteiger partial charge in [-0.3, -0.25) is 0 Å². The van der Waals surface area contributed by atoms with Crippen molar-refractivity contribution in [1.29, 1.82) is 0 Å². The van der Waals surface area contributed by atoms with Crippen molar-refractivity contribution in [1.82, 2.24) is 4.98 Å². The van der Waals surface area contributed by atoms with E-state index in [1.54, 1.807) is 0 Å². The lowest BCUT2D eigenvalue weighted by Gasteiger charge is -2.18. The van der Waals surface area contributed by atoms with Crippen LogP contribution in [0.3, 0.4) is 0 Å². The fourth-order valence-electron chi connectivity index (χ4n) is 8.79. The van der Waals surface area contributed by atoms with Crippen molar-refractivity contribution in [2.75, 3.05) is 0 Å². The number of fused-ring (bicyclic) bond motifs is 10. The van der Waals surface area contributed by atoms with Gasteiger partial charge in [0.15, 0.2) is 0 Å². The number of rotatable bonds is 4. The molecule has 0 spiro atoms. The summed E-state index contributed by atoms with van der Waals surface area (Å²) in [7, 11) is 0. The molecule has 0 aliphatic carbocycles. The van der Waals surface area contributed by atoms with Crippen LogP contribution in [0.5, 0.6) is 0 Å². The zero-order valence-electron chi connectivity index (χ0n) is 29.0. The molecule has 0 saturated heterocycles. The minimum absolute atomic E-state index is 1.16. The molecule has 1 aromatic heterocycles. The molecule has 1 heteroatoms. The van der Waals surface area contributed by atoms with E-state index in [0.717, 1.165) is 5.52 Å². The first-order valence-corrected chi connectivity index (χ1v) is 18.4. The van der Waals surface area contributed by atoms with E-state index in [4.69, 9.17) is 0 Å². The summed E-state index contributed by atoms with van der Waals surface area (Å²) < 4.78 is 0. The molecule has 0 saturated carbocycles. The first kappa shape index (κ1) is 29.7. The van der Waals surface area contributed by atoms with E-state index >= 15 is 0 Å². The predicted octanol–water partition coefficient (Wildman–Crippen LogP) is 14.6. The lowest BCUT2D eigenvalue weighted by atomic mass is 9.85. The molecule has 10 aromatic carbocycles. The first-order valence-electron chi connectivity index (χ1n) is 18.4. The van der Waals surface area contributed by atoms with Crippen LogP contribution in [0.25, 0.3) is 109 Å². The van der Waals surface area contributed by atoms with Crippen molar-refractivity contribution in [3.63, 3.8) is 0 Å². The second kappa shape index (κ2) is 11.8. The van der Waals surface area contributed by atoms with Crippen molar-refractivity contribution in [2.24, 2.45) is 0 Å². The van der Waals surface area contributed by atoms with Crippen LogP contribution < -0.4 is 0 Å². The Morgan fingerprint density at radius 2 is 0.679 bits per heavy atom. The van der Waals surface area contributed by atoms with Gasteiger partial charge in [0.2, 0.25) is 0 Å². The molecule has 0 amide bonds. The molecular formula is C52H33N. The molecule has 1 N–H and O–H groups in total. The molecular weight excluding hydrogens is 639 g/mol. The zero-order chi connectivity index (χ0) is 34.9. The number of nitrogens with one attached hydrogen (secondary N) is 1. The molecule has 0 unspecified atom stereocenters. The van der Waals surface area contributed by atoms with Gasteiger partial charge in [0.25, 0.3) is 0 Å². The van der Waals surface area contributed by atoms with Crippen molar-refractivity contribution >= 4 is 64.9 Å². The van der Waals surface area contributed by atoms with Crippen LogP contribution in [0.1, 0.15) is 0 Å². The predicted molar refractivity (Wildman–Crippen MR) is 228 cm³/mol. The van der Waals surface area contributed by atoms with Gasteiger partial charge < -0.3 is 4.98 Å². The van der Waals surface area contributed by atoms with Gasteiger partial charge in [-0.1, -0.05) is 176 Å². The van der Waals surface area contributed by atoms with E-state index in [0.29, 0.717) is 0 Å². The Kier molecular flexibility index (Phi) is 6.62. The second-order valence-corrected chi connectivity index (χ2v) is 14.1. The Balaban J connectivity index is 1.10. The summed E-state index contributed by atoms with van der Waals surface area (Å²) in [6.07, 6.45) is 0. The van der Waals surface area contributed by atoms with Gasteiger partial charge in [0.05, 0.1) is 5.52 Å².